The van der Waals surface area contributed by atoms with Crippen LogP contribution in [-0.4, -0.2) is 17.3 Å². The van der Waals surface area contributed by atoms with Gasteiger partial charge >= 0.3 is 5.97 Å². The second-order valence-corrected chi connectivity index (χ2v) is 2.98. The van der Waals surface area contributed by atoms with Gasteiger partial charge in [0.1, 0.15) is 5.15 Å². The fraction of sp³-hybridized carbons (Fsp3) is 0.375. The molecule has 0 atom stereocenters. The lowest BCUT2D eigenvalue weighted by atomic mass is 10.3. The van der Waals surface area contributed by atoms with Crippen LogP contribution in [0.5, 0.6) is 0 Å². The second-order valence-electron chi connectivity index (χ2n) is 2.59. The maximum absolute atomic E-state index is 11.3. The van der Waals surface area contributed by atoms with Gasteiger partial charge in [-0.25, -0.2) is 9.47 Å². The number of esters is 1. The third-order valence-corrected chi connectivity index (χ3v) is 1.94. The molecular weight excluding hydrogens is 192 g/mol. The normalized spacial score (nSPS) is 10.1. The van der Waals surface area contributed by atoms with Crippen molar-refractivity contribution in [3.63, 3.8) is 0 Å². The number of nitrogens with two attached hydrogens (primary N) is 1. The third kappa shape index (κ3) is 1.78. The zero-order valence-electron chi connectivity index (χ0n) is 7.50. The lowest BCUT2D eigenvalue weighted by Crippen LogP contribution is -2.19. The van der Waals surface area contributed by atoms with Crippen molar-refractivity contribution in [1.82, 2.24) is 4.68 Å². The number of nitrogens with zero attached hydrogens (tertiary/aromatic N) is 1. The number of aryl methyl sites for hydroxylation is 1. The van der Waals surface area contributed by atoms with Crippen LogP contribution in [0.15, 0.2) is 6.07 Å². The van der Waals surface area contributed by atoms with Gasteiger partial charge in [-0.15, -0.1) is 0 Å². The molecule has 72 valence electrons. The zero-order valence-corrected chi connectivity index (χ0v) is 8.26. The average molecular weight is 203 g/mol. The monoisotopic (exact) mass is 202 g/mol. The topological polar surface area (TPSA) is 57.2 Å². The minimum Gasteiger partial charge on any atom is -0.461 e. The first kappa shape index (κ1) is 9.92. The fourth-order valence-corrected chi connectivity index (χ4v) is 1.32. The Morgan fingerprint density at radius 2 is 2.38 bits per heavy atom. The number of halogens is 1. The highest BCUT2D eigenvalue weighted by atomic mass is 35.5. The summed E-state index contributed by atoms with van der Waals surface area (Å²) >= 11 is 5.71. The average Bonchev–Trinajstić information content (AvgIpc) is 2.27. The molecule has 13 heavy (non-hydrogen) atoms. The molecule has 0 saturated carbocycles. The largest absolute Gasteiger partial charge is 0.461 e. The highest BCUT2D eigenvalue weighted by Gasteiger charge is 2.17. The smallest absolute Gasteiger partial charge is 0.357 e. The first-order valence-electron chi connectivity index (χ1n) is 3.88. The van der Waals surface area contributed by atoms with Gasteiger partial charge < -0.3 is 10.6 Å². The van der Waals surface area contributed by atoms with E-state index in [0.29, 0.717) is 23.0 Å². The Morgan fingerprint density at radius 3 is 2.77 bits per heavy atom. The van der Waals surface area contributed by atoms with Gasteiger partial charge in [0.05, 0.1) is 6.61 Å². The molecule has 0 aromatic carbocycles. The van der Waals surface area contributed by atoms with E-state index in [1.165, 1.54) is 0 Å². The molecule has 0 radical (unpaired) electrons. The zero-order chi connectivity index (χ0) is 10.0. The van der Waals surface area contributed by atoms with Gasteiger partial charge in [-0.05, 0) is 25.5 Å². The number of aromatic nitrogens is 1. The van der Waals surface area contributed by atoms with Crippen molar-refractivity contribution in [3.8, 4) is 0 Å². The maximum Gasteiger partial charge on any atom is 0.357 e. The van der Waals surface area contributed by atoms with E-state index >= 15 is 0 Å². The summed E-state index contributed by atoms with van der Waals surface area (Å²) in [6, 6.07) is 1.62. The number of hydrogen-bond acceptors (Lipinski definition) is 3. The summed E-state index contributed by atoms with van der Waals surface area (Å²) in [4.78, 5) is 11.3. The van der Waals surface area contributed by atoms with Crippen LogP contribution in [0.25, 0.3) is 0 Å². The molecule has 0 aliphatic carbocycles. The molecule has 1 aromatic heterocycles. The van der Waals surface area contributed by atoms with E-state index < -0.39 is 5.97 Å². The molecule has 5 heteroatoms. The summed E-state index contributed by atoms with van der Waals surface area (Å²) in [5.41, 5.74) is 1.01. The Morgan fingerprint density at radius 1 is 1.77 bits per heavy atom. The van der Waals surface area contributed by atoms with Crippen molar-refractivity contribution < 1.29 is 9.53 Å². The van der Waals surface area contributed by atoms with E-state index in [9.17, 15) is 4.79 Å². The third-order valence-electron chi connectivity index (χ3n) is 1.65. The van der Waals surface area contributed by atoms with Gasteiger partial charge in [0.15, 0.2) is 5.69 Å². The first-order valence-corrected chi connectivity index (χ1v) is 4.25. The molecule has 1 aromatic rings. The van der Waals surface area contributed by atoms with Crippen LogP contribution in [-0.2, 0) is 4.74 Å². The van der Waals surface area contributed by atoms with Crippen molar-refractivity contribution >= 4 is 17.6 Å². The van der Waals surface area contributed by atoms with Crippen molar-refractivity contribution in [3.05, 3.63) is 22.5 Å². The molecule has 0 aliphatic rings. The molecule has 0 unspecified atom stereocenters. The summed E-state index contributed by atoms with van der Waals surface area (Å²) < 4.78 is 5.92. The molecule has 0 spiro atoms. The molecule has 0 bridgehead atoms. The summed E-state index contributed by atoms with van der Waals surface area (Å²) in [5.74, 6) is 5.07. The van der Waals surface area contributed by atoms with Crippen molar-refractivity contribution in [2.24, 2.45) is 0 Å². The minimum atomic E-state index is -0.450. The van der Waals surface area contributed by atoms with Gasteiger partial charge in [0.25, 0.3) is 0 Å². The predicted molar refractivity (Wildman–Crippen MR) is 50.3 cm³/mol. The highest BCUT2D eigenvalue weighted by Crippen LogP contribution is 2.17. The summed E-state index contributed by atoms with van der Waals surface area (Å²) in [6.07, 6.45) is 0. The molecule has 2 N–H and O–H groups in total. The summed E-state index contributed by atoms with van der Waals surface area (Å²) in [5, 5.41) is 0.320. The Labute approximate surface area is 81.2 Å². The van der Waals surface area contributed by atoms with E-state index in [2.05, 4.69) is 0 Å². The van der Waals surface area contributed by atoms with E-state index in [4.69, 9.17) is 22.2 Å². The van der Waals surface area contributed by atoms with Gasteiger partial charge in [0.2, 0.25) is 0 Å². The molecular formula is C8H11ClN2O2. The van der Waals surface area contributed by atoms with Crippen LogP contribution in [0.3, 0.4) is 0 Å². The predicted octanol–water partition coefficient (Wildman–Crippen LogP) is 1.34. The van der Waals surface area contributed by atoms with Crippen LogP contribution in [0.2, 0.25) is 5.15 Å². The lowest BCUT2D eigenvalue weighted by Gasteiger charge is -2.04. The molecule has 1 rings (SSSR count). The number of carbonyl (C=O) groups is 1. The van der Waals surface area contributed by atoms with Gasteiger partial charge in [0, 0.05) is 0 Å². The molecule has 0 amide bonds. The lowest BCUT2D eigenvalue weighted by molar-refractivity contribution is 0.0515. The van der Waals surface area contributed by atoms with Crippen LogP contribution in [0.1, 0.15) is 23.0 Å². The highest BCUT2D eigenvalue weighted by molar-refractivity contribution is 6.30. The minimum absolute atomic E-state index is 0.298. The number of hydrogen-bond donors (Lipinski definition) is 1. The van der Waals surface area contributed by atoms with Crippen molar-refractivity contribution in [1.29, 1.82) is 0 Å². The van der Waals surface area contributed by atoms with Crippen molar-refractivity contribution in [2.75, 3.05) is 12.4 Å². The standard InChI is InChI=1S/C8H11ClN2O2/c1-3-13-8(12)7-5(2)4-6(9)11(7)10/h4H,3,10H2,1-2H3. The van der Waals surface area contributed by atoms with E-state index in [0.717, 1.165) is 4.68 Å². The summed E-state index contributed by atoms with van der Waals surface area (Å²) in [6.45, 7) is 3.81. The number of rotatable bonds is 2. The second kappa shape index (κ2) is 3.70. The van der Waals surface area contributed by atoms with Gasteiger partial charge in [-0.2, -0.15) is 0 Å². The fourth-order valence-electron chi connectivity index (χ4n) is 1.07. The van der Waals surface area contributed by atoms with E-state index in [-0.39, 0.29) is 0 Å². The maximum atomic E-state index is 11.3. The molecule has 1 heterocycles. The number of carbonyl (C=O) groups excluding carboxylic acids is 1. The Hall–Kier alpha value is -1.16. The number of nitrogen functional groups attached to an aromatic ring is 1. The van der Waals surface area contributed by atoms with Crippen LogP contribution < -0.4 is 5.84 Å². The number of ether oxygens (including phenoxy) is 1. The Kier molecular flexibility index (Phi) is 2.83. The quantitative estimate of drug-likeness (QED) is 0.582. The van der Waals surface area contributed by atoms with Crippen molar-refractivity contribution in [2.45, 2.75) is 13.8 Å². The van der Waals surface area contributed by atoms with Crippen LogP contribution in [0.4, 0.5) is 0 Å². The molecule has 0 fully saturated rings. The van der Waals surface area contributed by atoms with Gasteiger partial charge in [-0.3, -0.25) is 0 Å². The summed E-state index contributed by atoms with van der Waals surface area (Å²) in [7, 11) is 0. The molecule has 0 saturated heterocycles. The van der Waals surface area contributed by atoms with E-state index in [1.54, 1.807) is 19.9 Å². The van der Waals surface area contributed by atoms with Crippen LogP contribution >= 0.6 is 11.6 Å². The molecule has 0 aliphatic heterocycles. The Bertz CT molecular complexity index is 333. The molecule has 4 nitrogen and oxygen atoms in total. The van der Waals surface area contributed by atoms with E-state index in [1.807, 2.05) is 0 Å². The van der Waals surface area contributed by atoms with Crippen LogP contribution in [0, 0.1) is 6.92 Å². The first-order chi connectivity index (χ1) is 6.07. The van der Waals surface area contributed by atoms with Gasteiger partial charge in [-0.1, -0.05) is 11.6 Å². The Balaban J connectivity index is 3.06. The SMILES string of the molecule is CCOC(=O)c1c(C)cc(Cl)n1N.